The molecule has 168 valence electrons. The van der Waals surface area contributed by atoms with Crippen molar-refractivity contribution in [2.24, 2.45) is 0 Å². The van der Waals surface area contributed by atoms with Gasteiger partial charge in [-0.05, 0) is 47.4 Å². The number of rotatable bonds is 7. The Bertz CT molecular complexity index is 922. The van der Waals surface area contributed by atoms with Crippen LogP contribution in [0.1, 0.15) is 37.9 Å². The number of benzene rings is 1. The number of hydrogen-bond acceptors (Lipinski definition) is 4. The zero-order valence-corrected chi connectivity index (χ0v) is 19.3. The Morgan fingerprint density at radius 3 is 2.61 bits per heavy atom. The van der Waals surface area contributed by atoms with Crippen LogP contribution >= 0.6 is 0 Å². The van der Waals surface area contributed by atoms with E-state index in [2.05, 4.69) is 10.6 Å². The number of aryl methyl sites for hydroxylation is 1. The predicted molar refractivity (Wildman–Crippen MR) is 119 cm³/mol. The number of nitrogens with one attached hydrogen (secondary N) is 2. The summed E-state index contributed by atoms with van der Waals surface area (Å²) < 4.78 is 0. The fourth-order valence-electron chi connectivity index (χ4n) is 4.11. The van der Waals surface area contributed by atoms with E-state index in [-0.39, 0.29) is 24.4 Å². The SMILES string of the molecule is CCN1C(=O)N[C@@H](c2cccc(C)c2)C2=C1CN(C(C)(C)C(=O)NCCN(C)C)C2=O. The van der Waals surface area contributed by atoms with Crippen molar-refractivity contribution in [2.75, 3.05) is 40.3 Å². The number of carbonyl (C=O) groups is 3. The van der Waals surface area contributed by atoms with Gasteiger partial charge in [0.15, 0.2) is 0 Å². The molecular formula is C23H33N5O3. The largest absolute Gasteiger partial charge is 0.353 e. The van der Waals surface area contributed by atoms with Crippen molar-refractivity contribution >= 4 is 17.8 Å². The molecule has 1 aromatic carbocycles. The highest BCUT2D eigenvalue weighted by Crippen LogP contribution is 2.38. The van der Waals surface area contributed by atoms with Crippen LogP contribution in [0.4, 0.5) is 4.79 Å². The van der Waals surface area contributed by atoms with Gasteiger partial charge in [-0.25, -0.2) is 4.79 Å². The van der Waals surface area contributed by atoms with Gasteiger partial charge in [-0.1, -0.05) is 29.8 Å². The third-order valence-electron chi connectivity index (χ3n) is 5.99. The molecule has 0 fully saturated rings. The van der Waals surface area contributed by atoms with Crippen molar-refractivity contribution in [1.82, 2.24) is 25.3 Å². The summed E-state index contributed by atoms with van der Waals surface area (Å²) in [6.45, 7) is 9.24. The Morgan fingerprint density at radius 1 is 1.29 bits per heavy atom. The molecule has 2 heterocycles. The molecule has 0 radical (unpaired) electrons. The van der Waals surface area contributed by atoms with Gasteiger partial charge in [0.1, 0.15) is 5.54 Å². The molecule has 0 unspecified atom stereocenters. The number of hydrogen-bond donors (Lipinski definition) is 2. The number of nitrogens with zero attached hydrogens (tertiary/aromatic N) is 3. The van der Waals surface area contributed by atoms with Crippen molar-refractivity contribution in [3.8, 4) is 0 Å². The summed E-state index contributed by atoms with van der Waals surface area (Å²) in [6.07, 6.45) is 0. The van der Waals surface area contributed by atoms with E-state index in [1.165, 1.54) is 0 Å². The molecule has 8 heteroatoms. The molecule has 0 saturated heterocycles. The van der Waals surface area contributed by atoms with Gasteiger partial charge in [-0.2, -0.15) is 0 Å². The lowest BCUT2D eigenvalue weighted by Gasteiger charge is -2.35. The molecule has 2 N–H and O–H groups in total. The lowest BCUT2D eigenvalue weighted by Crippen LogP contribution is -2.56. The molecule has 0 aliphatic carbocycles. The lowest BCUT2D eigenvalue weighted by atomic mass is 9.94. The standard InChI is InChI=1S/C23H33N5O3/c1-7-27-17-14-28(23(3,4)21(30)24-11-12-26(5)6)20(29)18(17)19(25-22(27)31)16-10-8-9-15(2)13-16/h8-10,13,19H,7,11-12,14H2,1-6H3,(H,24,30)(H,25,31)/t19-/m0/s1. The van der Waals surface area contributed by atoms with E-state index in [0.717, 1.165) is 11.1 Å². The summed E-state index contributed by atoms with van der Waals surface area (Å²) in [4.78, 5) is 44.5. The summed E-state index contributed by atoms with van der Waals surface area (Å²) >= 11 is 0. The first kappa shape index (κ1) is 22.8. The van der Waals surface area contributed by atoms with E-state index >= 15 is 0 Å². The topological polar surface area (TPSA) is 85.0 Å². The van der Waals surface area contributed by atoms with Gasteiger partial charge in [-0.15, -0.1) is 0 Å². The number of likely N-dealkylation sites (N-methyl/N-ethyl adjacent to an activating group) is 2. The van der Waals surface area contributed by atoms with Crippen LogP contribution in [-0.4, -0.2) is 78.4 Å². The maximum atomic E-state index is 13.6. The summed E-state index contributed by atoms with van der Waals surface area (Å²) in [7, 11) is 3.88. The predicted octanol–water partition coefficient (Wildman–Crippen LogP) is 1.63. The number of amides is 4. The average molecular weight is 428 g/mol. The summed E-state index contributed by atoms with van der Waals surface area (Å²) in [5.41, 5.74) is 2.08. The van der Waals surface area contributed by atoms with Gasteiger partial charge in [0, 0.05) is 19.6 Å². The van der Waals surface area contributed by atoms with E-state index in [1.54, 1.807) is 23.6 Å². The van der Waals surface area contributed by atoms with Crippen molar-refractivity contribution < 1.29 is 14.4 Å². The highest BCUT2D eigenvalue weighted by Gasteiger charge is 2.49. The van der Waals surface area contributed by atoms with E-state index in [1.807, 2.05) is 57.1 Å². The summed E-state index contributed by atoms with van der Waals surface area (Å²) in [5, 5.41) is 5.91. The highest BCUT2D eigenvalue weighted by molar-refractivity contribution is 6.04. The third-order valence-corrected chi connectivity index (χ3v) is 5.99. The first-order chi connectivity index (χ1) is 14.6. The maximum Gasteiger partial charge on any atom is 0.322 e. The quantitative estimate of drug-likeness (QED) is 0.693. The van der Waals surface area contributed by atoms with Crippen LogP contribution in [0.15, 0.2) is 35.5 Å². The van der Waals surface area contributed by atoms with Crippen LogP contribution in [0.3, 0.4) is 0 Å². The third kappa shape index (κ3) is 4.30. The molecule has 31 heavy (non-hydrogen) atoms. The number of urea groups is 1. The minimum atomic E-state index is -1.06. The van der Waals surface area contributed by atoms with Gasteiger partial charge >= 0.3 is 6.03 Å². The van der Waals surface area contributed by atoms with E-state index in [4.69, 9.17) is 0 Å². The highest BCUT2D eigenvalue weighted by atomic mass is 16.2. The second-order valence-corrected chi connectivity index (χ2v) is 8.91. The molecule has 0 spiro atoms. The van der Waals surface area contributed by atoms with Crippen LogP contribution in [0.5, 0.6) is 0 Å². The van der Waals surface area contributed by atoms with Crippen molar-refractivity contribution in [2.45, 2.75) is 39.3 Å². The molecule has 2 aliphatic heterocycles. The minimum absolute atomic E-state index is 0.211. The Kier molecular flexibility index (Phi) is 6.40. The zero-order valence-electron chi connectivity index (χ0n) is 19.3. The maximum absolute atomic E-state index is 13.6. The van der Waals surface area contributed by atoms with Gasteiger partial charge in [-0.3, -0.25) is 14.5 Å². The van der Waals surface area contributed by atoms with Crippen molar-refractivity contribution in [3.05, 3.63) is 46.7 Å². The Labute approximate surface area is 184 Å². The average Bonchev–Trinajstić information content (AvgIpc) is 3.05. The van der Waals surface area contributed by atoms with Crippen LogP contribution < -0.4 is 10.6 Å². The molecular weight excluding hydrogens is 394 g/mol. The molecule has 1 aromatic rings. The normalized spacial score (nSPS) is 19.1. The van der Waals surface area contributed by atoms with E-state index in [9.17, 15) is 14.4 Å². The molecule has 0 bridgehead atoms. The minimum Gasteiger partial charge on any atom is -0.353 e. The van der Waals surface area contributed by atoms with Crippen LogP contribution in [0.2, 0.25) is 0 Å². The molecule has 4 amide bonds. The van der Waals surface area contributed by atoms with Gasteiger partial charge in [0.2, 0.25) is 5.91 Å². The van der Waals surface area contributed by atoms with Crippen LogP contribution in [0, 0.1) is 6.92 Å². The molecule has 0 aromatic heterocycles. The smallest absolute Gasteiger partial charge is 0.322 e. The molecule has 8 nitrogen and oxygen atoms in total. The van der Waals surface area contributed by atoms with Crippen molar-refractivity contribution in [3.63, 3.8) is 0 Å². The molecule has 1 atom stereocenters. The van der Waals surface area contributed by atoms with Crippen LogP contribution in [-0.2, 0) is 9.59 Å². The first-order valence-corrected chi connectivity index (χ1v) is 10.7. The van der Waals surface area contributed by atoms with Crippen LogP contribution in [0.25, 0.3) is 0 Å². The lowest BCUT2D eigenvalue weighted by molar-refractivity contribution is -0.141. The van der Waals surface area contributed by atoms with Gasteiger partial charge in [0.05, 0.1) is 23.9 Å². The fraction of sp³-hybridized carbons (Fsp3) is 0.522. The molecule has 0 saturated carbocycles. The van der Waals surface area contributed by atoms with Gasteiger partial charge in [0.25, 0.3) is 5.91 Å². The number of carbonyl (C=O) groups excluding carboxylic acids is 3. The second-order valence-electron chi connectivity index (χ2n) is 8.91. The summed E-state index contributed by atoms with van der Waals surface area (Å²) in [5.74, 6) is -0.426. The monoisotopic (exact) mass is 427 g/mol. The second kappa shape index (κ2) is 8.70. The Hall–Kier alpha value is -2.87. The van der Waals surface area contributed by atoms with E-state index < -0.39 is 11.6 Å². The van der Waals surface area contributed by atoms with Crippen molar-refractivity contribution in [1.29, 1.82) is 0 Å². The Morgan fingerprint density at radius 2 is 2.00 bits per heavy atom. The van der Waals surface area contributed by atoms with Gasteiger partial charge < -0.3 is 20.4 Å². The fourth-order valence-corrected chi connectivity index (χ4v) is 4.11. The molecule has 3 rings (SSSR count). The Balaban J connectivity index is 1.92. The first-order valence-electron chi connectivity index (χ1n) is 10.7. The summed E-state index contributed by atoms with van der Waals surface area (Å²) in [6, 6.07) is 7.03. The van der Waals surface area contributed by atoms with E-state index in [0.29, 0.717) is 30.9 Å². The molecule has 2 aliphatic rings. The zero-order chi connectivity index (χ0) is 22.9.